The largest absolute Gasteiger partial charge is 0.261 e. The number of pyridine rings is 2. The summed E-state index contributed by atoms with van der Waals surface area (Å²) in [7, 11) is 0. The molecule has 28 heavy (non-hydrogen) atoms. The third kappa shape index (κ3) is 2.80. The maximum atomic E-state index is 4.84. The van der Waals surface area contributed by atoms with Crippen LogP contribution in [0.4, 0.5) is 0 Å². The molecule has 0 atom stereocenters. The van der Waals surface area contributed by atoms with Crippen LogP contribution in [0.3, 0.4) is 0 Å². The van der Waals surface area contributed by atoms with Crippen molar-refractivity contribution in [1.82, 2.24) is 9.97 Å². The first kappa shape index (κ1) is 17.1. The van der Waals surface area contributed by atoms with Crippen LogP contribution in [0.5, 0.6) is 0 Å². The van der Waals surface area contributed by atoms with Crippen LogP contribution in [0.2, 0.25) is 0 Å². The Kier molecular flexibility index (Phi) is 3.83. The molecule has 1 aliphatic carbocycles. The highest BCUT2D eigenvalue weighted by Gasteiger charge is 2.21. The number of hydrogen-bond acceptors (Lipinski definition) is 2. The first-order valence-electron chi connectivity index (χ1n) is 9.97. The van der Waals surface area contributed by atoms with Crippen molar-refractivity contribution in [3.63, 3.8) is 0 Å². The van der Waals surface area contributed by atoms with Crippen LogP contribution in [-0.2, 0) is 18.3 Å². The van der Waals surface area contributed by atoms with Gasteiger partial charge in [0.2, 0.25) is 0 Å². The molecule has 138 valence electrons. The summed E-state index contributed by atoms with van der Waals surface area (Å²) in [6, 6.07) is 19.7. The van der Waals surface area contributed by atoms with Gasteiger partial charge in [0.05, 0.1) is 5.69 Å². The minimum atomic E-state index is 0.0698. The van der Waals surface area contributed by atoms with Gasteiger partial charge in [0.25, 0.3) is 0 Å². The fraction of sp³-hybridized carbons (Fsp3) is 0.231. The van der Waals surface area contributed by atoms with E-state index in [1.165, 1.54) is 44.3 Å². The Morgan fingerprint density at radius 2 is 1.68 bits per heavy atom. The lowest BCUT2D eigenvalue weighted by atomic mass is 9.82. The maximum absolute atomic E-state index is 4.84. The van der Waals surface area contributed by atoms with E-state index >= 15 is 0 Å². The molecular weight excluding hydrogens is 340 g/mol. The van der Waals surface area contributed by atoms with Crippen LogP contribution in [0.25, 0.3) is 33.2 Å². The molecule has 4 aromatic rings. The highest BCUT2D eigenvalue weighted by Crippen LogP contribution is 2.37. The Hall–Kier alpha value is -3.00. The average Bonchev–Trinajstić information content (AvgIpc) is 2.71. The number of aromatic nitrogens is 2. The Bertz CT molecular complexity index is 1200. The molecular formula is C26H24N2. The summed E-state index contributed by atoms with van der Waals surface area (Å²) in [5.74, 6) is 0. The number of nitrogens with zero attached hydrogens (tertiary/aromatic N) is 2. The SMILES string of the molecule is CC(C)(C)c1cc(-c2cc3c(cn2)CCc2ncccc2-3)cc2ccccc12. The third-order valence-electron chi connectivity index (χ3n) is 5.76. The second-order valence-corrected chi connectivity index (χ2v) is 8.72. The molecule has 2 nitrogen and oxygen atoms in total. The fourth-order valence-electron chi connectivity index (χ4n) is 4.31. The second-order valence-electron chi connectivity index (χ2n) is 8.72. The van der Waals surface area contributed by atoms with E-state index in [-0.39, 0.29) is 5.41 Å². The summed E-state index contributed by atoms with van der Waals surface area (Å²) in [6.07, 6.45) is 5.96. The van der Waals surface area contributed by atoms with Gasteiger partial charge in [0.1, 0.15) is 0 Å². The lowest BCUT2D eigenvalue weighted by Gasteiger charge is -2.23. The van der Waals surface area contributed by atoms with E-state index in [2.05, 4.69) is 80.5 Å². The van der Waals surface area contributed by atoms with Crippen LogP contribution in [0.1, 0.15) is 37.6 Å². The fourth-order valence-corrected chi connectivity index (χ4v) is 4.31. The van der Waals surface area contributed by atoms with Crippen LogP contribution in [-0.4, -0.2) is 9.97 Å². The van der Waals surface area contributed by atoms with E-state index in [0.29, 0.717) is 0 Å². The molecule has 0 amide bonds. The zero-order chi connectivity index (χ0) is 19.3. The molecule has 0 spiro atoms. The molecule has 0 saturated carbocycles. The van der Waals surface area contributed by atoms with Gasteiger partial charge >= 0.3 is 0 Å². The summed E-state index contributed by atoms with van der Waals surface area (Å²) < 4.78 is 0. The van der Waals surface area contributed by atoms with E-state index in [1.54, 1.807) is 0 Å². The predicted octanol–water partition coefficient (Wildman–Crippen LogP) is 6.36. The molecule has 2 aromatic carbocycles. The van der Waals surface area contributed by atoms with Gasteiger partial charge in [-0.2, -0.15) is 0 Å². The minimum Gasteiger partial charge on any atom is -0.261 e. The molecule has 0 bridgehead atoms. The smallest absolute Gasteiger partial charge is 0.0708 e. The topological polar surface area (TPSA) is 25.8 Å². The number of benzene rings is 2. The molecule has 1 aliphatic rings. The van der Waals surface area contributed by atoms with E-state index in [0.717, 1.165) is 18.5 Å². The van der Waals surface area contributed by atoms with Crippen LogP contribution < -0.4 is 0 Å². The van der Waals surface area contributed by atoms with Crippen molar-refractivity contribution in [2.24, 2.45) is 0 Å². The molecule has 0 fully saturated rings. The molecule has 2 heteroatoms. The Labute approximate surface area is 166 Å². The van der Waals surface area contributed by atoms with E-state index < -0.39 is 0 Å². The Morgan fingerprint density at radius 3 is 2.54 bits per heavy atom. The number of aryl methyl sites for hydroxylation is 2. The second kappa shape index (κ2) is 6.27. The predicted molar refractivity (Wildman–Crippen MR) is 117 cm³/mol. The van der Waals surface area contributed by atoms with Crippen molar-refractivity contribution in [3.05, 3.63) is 83.8 Å². The number of hydrogen-bond donors (Lipinski definition) is 0. The molecule has 0 N–H and O–H groups in total. The number of fused-ring (bicyclic) bond motifs is 4. The first-order chi connectivity index (χ1) is 13.5. The summed E-state index contributed by atoms with van der Waals surface area (Å²) >= 11 is 0. The summed E-state index contributed by atoms with van der Waals surface area (Å²) in [5.41, 5.74) is 8.70. The zero-order valence-corrected chi connectivity index (χ0v) is 16.7. The van der Waals surface area contributed by atoms with Gasteiger partial charge in [-0.05, 0) is 70.0 Å². The molecule has 0 radical (unpaired) electrons. The first-order valence-corrected chi connectivity index (χ1v) is 9.97. The minimum absolute atomic E-state index is 0.0698. The van der Waals surface area contributed by atoms with Gasteiger partial charge in [-0.25, -0.2) is 0 Å². The average molecular weight is 364 g/mol. The lowest BCUT2D eigenvalue weighted by Crippen LogP contribution is -2.12. The van der Waals surface area contributed by atoms with Gasteiger partial charge in [-0.15, -0.1) is 0 Å². The van der Waals surface area contributed by atoms with Crippen molar-refractivity contribution in [3.8, 4) is 22.4 Å². The van der Waals surface area contributed by atoms with Gasteiger partial charge < -0.3 is 0 Å². The van der Waals surface area contributed by atoms with E-state index in [1.807, 2.05) is 12.3 Å². The van der Waals surface area contributed by atoms with E-state index in [9.17, 15) is 0 Å². The monoisotopic (exact) mass is 364 g/mol. The highest BCUT2D eigenvalue weighted by molar-refractivity contribution is 5.91. The van der Waals surface area contributed by atoms with Crippen molar-refractivity contribution in [2.45, 2.75) is 39.0 Å². The van der Waals surface area contributed by atoms with Gasteiger partial charge in [-0.3, -0.25) is 9.97 Å². The van der Waals surface area contributed by atoms with Crippen molar-refractivity contribution < 1.29 is 0 Å². The third-order valence-corrected chi connectivity index (χ3v) is 5.76. The van der Waals surface area contributed by atoms with E-state index in [4.69, 9.17) is 4.98 Å². The summed E-state index contributed by atoms with van der Waals surface area (Å²) in [6.45, 7) is 6.84. The number of rotatable bonds is 1. The Balaban J connectivity index is 1.72. The molecule has 0 aliphatic heterocycles. The van der Waals surface area contributed by atoms with Gasteiger partial charge in [0, 0.05) is 29.2 Å². The van der Waals surface area contributed by atoms with Crippen LogP contribution in [0, 0.1) is 0 Å². The molecule has 2 aromatic heterocycles. The van der Waals surface area contributed by atoms with Gasteiger partial charge in [0.15, 0.2) is 0 Å². The molecule has 0 saturated heterocycles. The van der Waals surface area contributed by atoms with Crippen molar-refractivity contribution in [2.75, 3.05) is 0 Å². The molecule has 5 rings (SSSR count). The normalized spacial score (nSPS) is 13.2. The quantitative estimate of drug-likeness (QED) is 0.393. The van der Waals surface area contributed by atoms with Crippen LogP contribution in [0.15, 0.2) is 67.0 Å². The summed E-state index contributed by atoms with van der Waals surface area (Å²) in [4.78, 5) is 9.43. The molecule has 2 heterocycles. The Morgan fingerprint density at radius 1 is 0.821 bits per heavy atom. The highest BCUT2D eigenvalue weighted by atomic mass is 14.7. The lowest BCUT2D eigenvalue weighted by molar-refractivity contribution is 0.596. The standard InChI is InChI=1S/C26H24N2/c1-26(2,3)23-14-19(13-17-7-4-5-8-20(17)23)25-15-22-18(16-28-25)10-11-24-21(22)9-6-12-27-24/h4-9,12-16H,10-11H2,1-3H3. The van der Waals surface area contributed by atoms with Crippen molar-refractivity contribution in [1.29, 1.82) is 0 Å². The van der Waals surface area contributed by atoms with Crippen molar-refractivity contribution >= 4 is 10.8 Å². The summed E-state index contributed by atoms with van der Waals surface area (Å²) in [5, 5.41) is 2.60. The zero-order valence-electron chi connectivity index (χ0n) is 16.7. The maximum Gasteiger partial charge on any atom is 0.0708 e. The molecule has 0 unspecified atom stereocenters. The van der Waals surface area contributed by atoms with Gasteiger partial charge in [-0.1, -0.05) is 51.1 Å². The van der Waals surface area contributed by atoms with Crippen LogP contribution >= 0.6 is 0 Å².